The van der Waals surface area contributed by atoms with E-state index in [1.807, 2.05) is 44.2 Å². The summed E-state index contributed by atoms with van der Waals surface area (Å²) in [6.07, 6.45) is 5.71. The number of benzene rings is 2. The third kappa shape index (κ3) is 6.00. The van der Waals surface area contributed by atoms with E-state index < -0.39 is 0 Å². The lowest BCUT2D eigenvalue weighted by Crippen LogP contribution is -2.10. The van der Waals surface area contributed by atoms with E-state index in [0.717, 1.165) is 57.7 Å². The Morgan fingerprint density at radius 3 is 2.53 bits per heavy atom. The topological polar surface area (TPSA) is 52.0 Å². The van der Waals surface area contributed by atoms with E-state index in [1.54, 1.807) is 19.1 Å². The second-order valence-corrected chi connectivity index (χ2v) is 9.51. The first-order chi connectivity index (χ1) is 15.7. The van der Waals surface area contributed by atoms with Crippen LogP contribution in [-0.2, 0) is 6.42 Å². The van der Waals surface area contributed by atoms with Gasteiger partial charge in [-0.05, 0) is 77.0 Å². The van der Waals surface area contributed by atoms with Crippen LogP contribution in [0.15, 0.2) is 46.9 Å². The number of halogens is 2. The van der Waals surface area contributed by atoms with Crippen LogP contribution >= 0.6 is 39.5 Å². The summed E-state index contributed by atoms with van der Waals surface area (Å²) < 4.78 is 12.2. The highest BCUT2D eigenvalue weighted by Gasteiger charge is 2.27. The van der Waals surface area contributed by atoms with E-state index in [-0.39, 0.29) is 0 Å². The minimum absolute atomic E-state index is 0.420. The van der Waals surface area contributed by atoms with Gasteiger partial charge in [-0.25, -0.2) is 0 Å². The van der Waals surface area contributed by atoms with Gasteiger partial charge in [0.05, 0.1) is 7.11 Å². The van der Waals surface area contributed by atoms with E-state index in [4.69, 9.17) is 16.3 Å². The van der Waals surface area contributed by atoms with Crippen LogP contribution in [0.4, 0.5) is 5.95 Å². The SMILES string of the molecule is CC.COc1cccc(Br)c1-n1c(NSCCc2ccc(Cl)cc2)nnc1C1CCCC1. The average molecular weight is 538 g/mol. The smallest absolute Gasteiger partial charge is 0.239 e. The number of para-hydroxylation sites is 1. The van der Waals surface area contributed by atoms with Gasteiger partial charge in [-0.3, -0.25) is 9.29 Å². The molecule has 3 aromatic rings. The molecule has 32 heavy (non-hydrogen) atoms. The van der Waals surface area contributed by atoms with Crippen LogP contribution in [0.2, 0.25) is 5.02 Å². The number of ether oxygens (including phenoxy) is 1. The van der Waals surface area contributed by atoms with Crippen LogP contribution in [0.3, 0.4) is 0 Å². The first-order valence-corrected chi connectivity index (χ1v) is 13.2. The fraction of sp³-hybridized carbons (Fsp3) is 0.417. The first-order valence-electron chi connectivity index (χ1n) is 11.1. The molecule has 1 aromatic heterocycles. The van der Waals surface area contributed by atoms with Crippen molar-refractivity contribution in [3.05, 3.63) is 63.3 Å². The standard InChI is InChI=1S/C22H24BrClN4OS.C2H6/c1-29-19-8-4-7-18(23)20(19)28-21(16-5-2-3-6-16)25-26-22(28)27-30-14-13-15-9-11-17(24)12-10-15;1-2/h4,7-12,16H,2-3,5-6,13-14H2,1H3,(H,26,27);1-2H3. The van der Waals surface area contributed by atoms with E-state index in [2.05, 4.69) is 47.5 Å². The average Bonchev–Trinajstić information content (AvgIpc) is 3.49. The second kappa shape index (κ2) is 12.5. The van der Waals surface area contributed by atoms with Crippen molar-refractivity contribution in [3.8, 4) is 11.4 Å². The van der Waals surface area contributed by atoms with Crippen molar-refractivity contribution in [2.45, 2.75) is 51.9 Å². The van der Waals surface area contributed by atoms with Crippen molar-refractivity contribution in [3.63, 3.8) is 0 Å². The lowest BCUT2D eigenvalue weighted by atomic mass is 10.1. The predicted octanol–water partition coefficient (Wildman–Crippen LogP) is 7.68. The molecule has 0 amide bonds. The molecule has 1 saturated carbocycles. The van der Waals surface area contributed by atoms with Crippen molar-refractivity contribution in [1.82, 2.24) is 14.8 Å². The summed E-state index contributed by atoms with van der Waals surface area (Å²) in [4.78, 5) is 0. The number of rotatable bonds is 8. The van der Waals surface area contributed by atoms with Gasteiger partial charge < -0.3 is 4.74 Å². The molecule has 1 heterocycles. The van der Waals surface area contributed by atoms with Crippen LogP contribution in [0, 0.1) is 0 Å². The van der Waals surface area contributed by atoms with E-state index in [0.29, 0.717) is 5.92 Å². The van der Waals surface area contributed by atoms with Gasteiger partial charge in [0.15, 0.2) is 0 Å². The third-order valence-electron chi connectivity index (χ3n) is 5.37. The molecule has 0 spiro atoms. The maximum Gasteiger partial charge on any atom is 0.239 e. The van der Waals surface area contributed by atoms with Gasteiger partial charge in [0.1, 0.15) is 17.3 Å². The molecule has 8 heteroatoms. The number of aryl methyl sites for hydroxylation is 1. The van der Waals surface area contributed by atoms with Crippen LogP contribution in [0.5, 0.6) is 5.75 Å². The summed E-state index contributed by atoms with van der Waals surface area (Å²) >= 11 is 11.3. The molecule has 1 aliphatic carbocycles. The molecule has 0 saturated heterocycles. The van der Waals surface area contributed by atoms with Crippen LogP contribution in [0.1, 0.15) is 56.8 Å². The molecule has 172 valence electrons. The number of anilines is 1. The number of nitrogens with one attached hydrogen (secondary N) is 1. The minimum Gasteiger partial charge on any atom is -0.495 e. The predicted molar refractivity (Wildman–Crippen MR) is 139 cm³/mol. The van der Waals surface area contributed by atoms with Gasteiger partial charge in [0, 0.05) is 21.2 Å². The molecule has 2 aromatic carbocycles. The number of aromatic nitrogens is 3. The molecular formula is C24H30BrClN4OS. The second-order valence-electron chi connectivity index (χ2n) is 7.32. The van der Waals surface area contributed by atoms with Gasteiger partial charge in [-0.1, -0.05) is 56.5 Å². The fourth-order valence-electron chi connectivity index (χ4n) is 3.84. The highest BCUT2D eigenvalue weighted by atomic mass is 79.9. The van der Waals surface area contributed by atoms with E-state index in [1.165, 1.54) is 18.4 Å². The molecule has 0 atom stereocenters. The zero-order valence-corrected chi connectivity index (χ0v) is 21.9. The summed E-state index contributed by atoms with van der Waals surface area (Å²) in [5.74, 6) is 3.84. The van der Waals surface area contributed by atoms with Crippen molar-refractivity contribution in [2.75, 3.05) is 17.6 Å². The van der Waals surface area contributed by atoms with E-state index in [9.17, 15) is 0 Å². The molecule has 0 unspecified atom stereocenters. The van der Waals surface area contributed by atoms with Crippen LogP contribution in [0.25, 0.3) is 5.69 Å². The third-order valence-corrected chi connectivity index (χ3v) is 7.00. The Balaban J connectivity index is 0.00000141. The summed E-state index contributed by atoms with van der Waals surface area (Å²) in [6, 6.07) is 14.0. The van der Waals surface area contributed by atoms with Crippen molar-refractivity contribution in [1.29, 1.82) is 0 Å². The Hall–Kier alpha value is -1.70. The quantitative estimate of drug-likeness (QED) is 0.236. The number of nitrogens with zero attached hydrogens (tertiary/aromatic N) is 3. The normalized spacial score (nSPS) is 13.5. The van der Waals surface area contributed by atoms with Gasteiger partial charge in [-0.2, -0.15) is 0 Å². The molecule has 0 bridgehead atoms. The Labute approximate surface area is 208 Å². The summed E-state index contributed by atoms with van der Waals surface area (Å²) in [7, 11) is 1.69. The molecule has 1 N–H and O–H groups in total. The minimum atomic E-state index is 0.420. The van der Waals surface area contributed by atoms with E-state index >= 15 is 0 Å². The number of hydrogen-bond acceptors (Lipinski definition) is 5. The maximum absolute atomic E-state index is 5.97. The number of hydrogen-bond donors (Lipinski definition) is 1. The lowest BCUT2D eigenvalue weighted by Gasteiger charge is -2.18. The summed E-state index contributed by atoms with van der Waals surface area (Å²) in [5, 5.41) is 9.84. The Morgan fingerprint density at radius 1 is 1.12 bits per heavy atom. The van der Waals surface area contributed by atoms with Crippen molar-refractivity contribution in [2.24, 2.45) is 0 Å². The highest BCUT2D eigenvalue weighted by Crippen LogP contribution is 2.39. The maximum atomic E-state index is 5.97. The first kappa shape index (κ1) is 24.9. The van der Waals surface area contributed by atoms with Crippen LogP contribution in [-0.4, -0.2) is 27.6 Å². The molecule has 0 radical (unpaired) electrons. The highest BCUT2D eigenvalue weighted by molar-refractivity contribution is 9.10. The molecule has 5 nitrogen and oxygen atoms in total. The monoisotopic (exact) mass is 536 g/mol. The summed E-state index contributed by atoms with van der Waals surface area (Å²) in [6.45, 7) is 4.00. The van der Waals surface area contributed by atoms with Crippen LogP contribution < -0.4 is 9.46 Å². The molecule has 1 fully saturated rings. The zero-order valence-electron chi connectivity index (χ0n) is 18.8. The largest absolute Gasteiger partial charge is 0.495 e. The van der Waals surface area contributed by atoms with Gasteiger partial charge >= 0.3 is 0 Å². The Bertz CT molecular complexity index is 990. The molecule has 4 rings (SSSR count). The van der Waals surface area contributed by atoms with Gasteiger partial charge in [0.25, 0.3) is 0 Å². The Morgan fingerprint density at radius 2 is 1.84 bits per heavy atom. The molecular weight excluding hydrogens is 508 g/mol. The lowest BCUT2D eigenvalue weighted by molar-refractivity contribution is 0.412. The summed E-state index contributed by atoms with van der Waals surface area (Å²) in [5.41, 5.74) is 2.20. The Kier molecular flexibility index (Phi) is 9.75. The molecule has 0 aliphatic heterocycles. The molecule has 1 aliphatic rings. The van der Waals surface area contributed by atoms with Crippen molar-refractivity contribution >= 4 is 45.4 Å². The zero-order chi connectivity index (χ0) is 22.9. The van der Waals surface area contributed by atoms with Gasteiger partial charge in [0.2, 0.25) is 5.95 Å². The number of methoxy groups -OCH3 is 1. The fourth-order valence-corrected chi connectivity index (χ4v) is 5.20. The van der Waals surface area contributed by atoms with Gasteiger partial charge in [-0.15, -0.1) is 10.2 Å². The van der Waals surface area contributed by atoms with Crippen molar-refractivity contribution < 1.29 is 4.74 Å².